The third kappa shape index (κ3) is 3.47. The van der Waals surface area contributed by atoms with E-state index in [0.29, 0.717) is 5.69 Å². The molecular formula is C26H23N3O3S2. The molecule has 2 bridgehead atoms. The number of aryl methyl sites for hydroxylation is 2. The normalized spacial score (nSPS) is 24.9. The Balaban J connectivity index is 1.16. The van der Waals surface area contributed by atoms with E-state index >= 15 is 0 Å². The van der Waals surface area contributed by atoms with Crippen LogP contribution >= 0.6 is 23.1 Å². The number of aromatic nitrogens is 1. The molecule has 6 nitrogen and oxygen atoms in total. The van der Waals surface area contributed by atoms with E-state index in [1.807, 2.05) is 44.2 Å². The number of hydrogen-bond acceptors (Lipinski definition) is 6. The van der Waals surface area contributed by atoms with E-state index in [2.05, 4.69) is 22.5 Å². The molecule has 6 rings (SSSR count). The summed E-state index contributed by atoms with van der Waals surface area (Å²) in [6, 6.07) is 11.5. The van der Waals surface area contributed by atoms with Crippen molar-refractivity contribution < 1.29 is 14.4 Å². The maximum absolute atomic E-state index is 13.1. The van der Waals surface area contributed by atoms with E-state index in [1.54, 1.807) is 6.07 Å². The molecule has 34 heavy (non-hydrogen) atoms. The Morgan fingerprint density at radius 1 is 1.09 bits per heavy atom. The SMILES string of the molecule is Cc1ccc(NC(=O)CSc2nc3ccc(N4C(=O)[C@H]5[C@H](C4=O)[C@H]4C=C[C@H]5C4)cc3s2)c(C)c1. The summed E-state index contributed by atoms with van der Waals surface area (Å²) < 4.78 is 1.68. The molecule has 2 aromatic carbocycles. The van der Waals surface area contributed by atoms with Crippen molar-refractivity contribution in [2.75, 3.05) is 16.0 Å². The van der Waals surface area contributed by atoms with E-state index in [9.17, 15) is 14.4 Å². The summed E-state index contributed by atoms with van der Waals surface area (Å²) in [5, 5.41) is 2.96. The molecule has 0 unspecified atom stereocenters. The van der Waals surface area contributed by atoms with Gasteiger partial charge in [0, 0.05) is 5.69 Å². The number of rotatable bonds is 5. The van der Waals surface area contributed by atoms with Crippen LogP contribution in [0.15, 0.2) is 52.9 Å². The summed E-state index contributed by atoms with van der Waals surface area (Å²) >= 11 is 2.85. The number of amides is 3. The van der Waals surface area contributed by atoms with Gasteiger partial charge < -0.3 is 5.32 Å². The number of anilines is 2. The number of fused-ring (bicyclic) bond motifs is 6. The molecule has 1 aromatic heterocycles. The molecule has 4 atom stereocenters. The standard InChI is InChI=1S/C26H23N3O3S2/c1-13-3-7-18(14(2)9-13)27-21(30)12-33-26-28-19-8-6-17(11-20(19)34-26)29-24(31)22-15-4-5-16(10-15)23(22)25(29)32/h3-9,11,15-16,22-23H,10,12H2,1-2H3,(H,27,30)/t15-,16-,22+,23+/m0/s1. The predicted molar refractivity (Wildman–Crippen MR) is 135 cm³/mol. The maximum Gasteiger partial charge on any atom is 0.238 e. The number of thioether (sulfide) groups is 1. The molecule has 0 spiro atoms. The molecule has 1 aliphatic heterocycles. The van der Waals surface area contributed by atoms with Crippen molar-refractivity contribution >= 4 is 62.4 Å². The summed E-state index contributed by atoms with van der Waals surface area (Å²) in [7, 11) is 0. The molecule has 1 saturated carbocycles. The zero-order valence-corrected chi connectivity index (χ0v) is 20.4. The second-order valence-corrected chi connectivity index (χ2v) is 11.6. The minimum absolute atomic E-state index is 0.0756. The fourth-order valence-electron chi connectivity index (χ4n) is 5.52. The lowest BCUT2D eigenvalue weighted by Crippen LogP contribution is -2.32. The Morgan fingerprint density at radius 2 is 1.82 bits per heavy atom. The zero-order valence-electron chi connectivity index (χ0n) is 18.8. The number of carbonyl (C=O) groups is 3. The molecule has 0 radical (unpaired) electrons. The Morgan fingerprint density at radius 3 is 2.53 bits per heavy atom. The van der Waals surface area contributed by atoms with Gasteiger partial charge in [-0.05, 0) is 61.9 Å². The van der Waals surface area contributed by atoms with Crippen LogP contribution in [0.2, 0.25) is 0 Å². The fraction of sp³-hybridized carbons (Fsp3) is 0.308. The number of imide groups is 1. The number of nitrogens with one attached hydrogen (secondary N) is 1. The molecule has 2 heterocycles. The van der Waals surface area contributed by atoms with Gasteiger partial charge in [0.2, 0.25) is 17.7 Å². The number of benzene rings is 2. The quantitative estimate of drug-likeness (QED) is 0.311. The number of allylic oxidation sites excluding steroid dienone is 2. The lowest BCUT2D eigenvalue weighted by molar-refractivity contribution is -0.123. The number of carbonyl (C=O) groups excluding carboxylic acids is 3. The van der Waals surface area contributed by atoms with Gasteiger partial charge in [0.05, 0.1) is 33.5 Å². The number of hydrogen-bond donors (Lipinski definition) is 1. The first-order valence-electron chi connectivity index (χ1n) is 11.4. The van der Waals surface area contributed by atoms with Crippen molar-refractivity contribution in [3.8, 4) is 0 Å². The van der Waals surface area contributed by atoms with Crippen molar-refractivity contribution in [1.82, 2.24) is 4.98 Å². The summed E-state index contributed by atoms with van der Waals surface area (Å²) in [5.41, 5.74) is 4.42. The van der Waals surface area contributed by atoms with E-state index in [1.165, 1.54) is 28.0 Å². The second-order valence-electron chi connectivity index (χ2n) is 9.30. The van der Waals surface area contributed by atoms with Crippen LogP contribution in [-0.2, 0) is 14.4 Å². The summed E-state index contributed by atoms with van der Waals surface area (Å²) in [4.78, 5) is 44.7. The molecule has 2 fully saturated rings. The molecule has 3 amide bonds. The molecule has 1 N–H and O–H groups in total. The first-order valence-corrected chi connectivity index (χ1v) is 13.2. The number of thiazole rings is 1. The third-order valence-electron chi connectivity index (χ3n) is 7.06. The summed E-state index contributed by atoms with van der Waals surface area (Å²) in [6.45, 7) is 4.00. The van der Waals surface area contributed by atoms with E-state index < -0.39 is 0 Å². The molecule has 2 aliphatic carbocycles. The van der Waals surface area contributed by atoms with E-state index in [4.69, 9.17) is 0 Å². The fourth-order valence-corrected chi connectivity index (χ4v) is 7.42. The zero-order chi connectivity index (χ0) is 23.6. The van der Waals surface area contributed by atoms with E-state index in [-0.39, 0.29) is 47.1 Å². The van der Waals surface area contributed by atoms with Crippen LogP contribution in [0.3, 0.4) is 0 Å². The van der Waals surface area contributed by atoms with Crippen molar-refractivity contribution in [2.45, 2.75) is 24.6 Å². The Hall–Kier alpha value is -2.97. The first-order chi connectivity index (χ1) is 16.4. The van der Waals surface area contributed by atoms with Crippen molar-refractivity contribution in [2.24, 2.45) is 23.7 Å². The van der Waals surface area contributed by atoms with Crippen LogP contribution in [-0.4, -0.2) is 28.5 Å². The highest BCUT2D eigenvalue weighted by molar-refractivity contribution is 8.01. The van der Waals surface area contributed by atoms with Crippen LogP contribution in [0.25, 0.3) is 10.2 Å². The van der Waals surface area contributed by atoms with Gasteiger partial charge in [-0.15, -0.1) is 11.3 Å². The molecule has 3 aliphatic rings. The lowest BCUT2D eigenvalue weighted by Gasteiger charge is -2.17. The van der Waals surface area contributed by atoms with Crippen LogP contribution in [0.1, 0.15) is 17.5 Å². The van der Waals surface area contributed by atoms with Gasteiger partial charge in [0.25, 0.3) is 0 Å². The first kappa shape index (κ1) is 21.6. The van der Waals surface area contributed by atoms with Gasteiger partial charge in [-0.2, -0.15) is 0 Å². The molecular weight excluding hydrogens is 466 g/mol. The minimum Gasteiger partial charge on any atom is -0.325 e. The highest BCUT2D eigenvalue weighted by Gasteiger charge is 2.59. The van der Waals surface area contributed by atoms with Crippen LogP contribution in [0, 0.1) is 37.5 Å². The van der Waals surface area contributed by atoms with E-state index in [0.717, 1.165) is 37.8 Å². The minimum atomic E-state index is -0.207. The highest BCUT2D eigenvalue weighted by atomic mass is 32.2. The molecule has 3 aromatic rings. The van der Waals surface area contributed by atoms with Gasteiger partial charge in [-0.3, -0.25) is 14.4 Å². The monoisotopic (exact) mass is 489 g/mol. The summed E-state index contributed by atoms with van der Waals surface area (Å²) in [5.74, 6) is -0.00476. The number of nitrogens with zero attached hydrogens (tertiary/aromatic N) is 2. The Bertz CT molecular complexity index is 1370. The molecule has 1 saturated heterocycles. The van der Waals surface area contributed by atoms with Gasteiger partial charge in [-0.1, -0.05) is 41.6 Å². The van der Waals surface area contributed by atoms with Gasteiger partial charge in [-0.25, -0.2) is 9.88 Å². The van der Waals surface area contributed by atoms with Crippen molar-refractivity contribution in [1.29, 1.82) is 0 Å². The average molecular weight is 490 g/mol. The largest absolute Gasteiger partial charge is 0.325 e. The summed E-state index contributed by atoms with van der Waals surface area (Å²) in [6.07, 6.45) is 5.13. The lowest BCUT2D eigenvalue weighted by atomic mass is 9.85. The Labute approximate surface area is 205 Å². The van der Waals surface area contributed by atoms with Gasteiger partial charge in [0.1, 0.15) is 0 Å². The maximum atomic E-state index is 13.1. The van der Waals surface area contributed by atoms with Crippen LogP contribution < -0.4 is 10.2 Å². The smallest absolute Gasteiger partial charge is 0.238 e. The van der Waals surface area contributed by atoms with Gasteiger partial charge >= 0.3 is 0 Å². The average Bonchev–Trinajstić information content (AvgIpc) is 3.57. The van der Waals surface area contributed by atoms with Crippen LogP contribution in [0.5, 0.6) is 0 Å². The van der Waals surface area contributed by atoms with Crippen molar-refractivity contribution in [3.63, 3.8) is 0 Å². The topological polar surface area (TPSA) is 79.4 Å². The van der Waals surface area contributed by atoms with Crippen molar-refractivity contribution in [3.05, 3.63) is 59.7 Å². The molecule has 8 heteroatoms. The second kappa shape index (κ2) is 8.06. The highest BCUT2D eigenvalue weighted by Crippen LogP contribution is 2.53. The van der Waals surface area contributed by atoms with Gasteiger partial charge in [0.15, 0.2) is 4.34 Å². The Kier molecular flexibility index (Phi) is 5.11. The van der Waals surface area contributed by atoms with Crippen LogP contribution in [0.4, 0.5) is 11.4 Å². The third-order valence-corrected chi connectivity index (χ3v) is 9.22. The molecule has 172 valence electrons. The predicted octanol–water partition coefficient (Wildman–Crippen LogP) is 4.96.